The quantitative estimate of drug-likeness (QED) is 0.402. The maximum atomic E-state index is 12.2. The Labute approximate surface area is 183 Å². The van der Waals surface area contributed by atoms with Gasteiger partial charge in [0.25, 0.3) is 0 Å². The van der Waals surface area contributed by atoms with E-state index in [0.717, 1.165) is 28.4 Å². The highest BCUT2D eigenvalue weighted by Crippen LogP contribution is 2.30. The van der Waals surface area contributed by atoms with Gasteiger partial charge in [-0.3, -0.25) is 4.79 Å². The molecule has 1 aromatic heterocycles. The van der Waals surface area contributed by atoms with Crippen molar-refractivity contribution >= 4 is 17.7 Å². The first kappa shape index (κ1) is 20.9. The number of carbonyl (C=O) groups excluding carboxylic acids is 1. The molecule has 0 unspecified atom stereocenters. The van der Waals surface area contributed by atoms with E-state index in [2.05, 4.69) is 15.5 Å². The van der Waals surface area contributed by atoms with Gasteiger partial charge in [-0.1, -0.05) is 17.8 Å². The molecule has 0 saturated heterocycles. The van der Waals surface area contributed by atoms with Crippen LogP contribution in [0.15, 0.2) is 47.6 Å². The fourth-order valence-electron chi connectivity index (χ4n) is 3.08. The number of hydrogen-bond acceptors (Lipinski definition) is 8. The van der Waals surface area contributed by atoms with Gasteiger partial charge >= 0.3 is 0 Å². The second kappa shape index (κ2) is 9.61. The number of methoxy groups -OCH3 is 1. The zero-order valence-electron chi connectivity index (χ0n) is 17.0. The van der Waals surface area contributed by atoms with Gasteiger partial charge in [-0.15, -0.1) is 10.2 Å². The van der Waals surface area contributed by atoms with Gasteiger partial charge in [0, 0.05) is 12.1 Å². The standard InChI is InChI=1S/C21H23N5O4S/c1-28-16-5-3-15(4-6-16)20-24-25-21(26(20)22)31-13-19(27)23-9-8-14-2-7-17-18(12-14)30-11-10-29-17/h2-7,12H,8-11,13,22H2,1H3,(H,23,27). The Morgan fingerprint density at radius 2 is 1.94 bits per heavy atom. The van der Waals surface area contributed by atoms with Gasteiger partial charge in [0.05, 0.1) is 12.9 Å². The first-order valence-corrected chi connectivity index (χ1v) is 10.8. The van der Waals surface area contributed by atoms with Crippen LogP contribution in [0.2, 0.25) is 0 Å². The molecule has 0 fully saturated rings. The monoisotopic (exact) mass is 441 g/mol. The van der Waals surface area contributed by atoms with E-state index in [1.165, 1.54) is 16.4 Å². The van der Waals surface area contributed by atoms with Crippen molar-refractivity contribution in [2.24, 2.45) is 0 Å². The Morgan fingerprint density at radius 3 is 2.71 bits per heavy atom. The third kappa shape index (κ3) is 5.02. The summed E-state index contributed by atoms with van der Waals surface area (Å²) in [6.45, 7) is 1.64. The zero-order chi connectivity index (χ0) is 21.6. The molecular formula is C21H23N5O4S. The van der Waals surface area contributed by atoms with Crippen molar-refractivity contribution in [3.8, 4) is 28.6 Å². The van der Waals surface area contributed by atoms with E-state index in [-0.39, 0.29) is 11.7 Å². The molecule has 0 bridgehead atoms. The SMILES string of the molecule is COc1ccc(-c2nnc(SCC(=O)NCCc3ccc4c(c3)OCCO4)n2N)cc1. The largest absolute Gasteiger partial charge is 0.497 e. The van der Waals surface area contributed by atoms with Crippen LogP contribution >= 0.6 is 11.8 Å². The lowest BCUT2D eigenvalue weighted by Crippen LogP contribution is -2.27. The zero-order valence-corrected chi connectivity index (χ0v) is 17.9. The number of nitrogen functional groups attached to an aromatic ring is 1. The van der Waals surface area contributed by atoms with E-state index in [1.807, 2.05) is 42.5 Å². The van der Waals surface area contributed by atoms with Gasteiger partial charge in [0.2, 0.25) is 11.1 Å². The van der Waals surface area contributed by atoms with Crippen LogP contribution in [0, 0.1) is 0 Å². The number of amides is 1. The van der Waals surface area contributed by atoms with Crippen LogP contribution in [-0.4, -0.2) is 53.4 Å². The van der Waals surface area contributed by atoms with Crippen LogP contribution in [0.4, 0.5) is 0 Å². The summed E-state index contributed by atoms with van der Waals surface area (Å²) in [6.07, 6.45) is 0.696. The molecule has 31 heavy (non-hydrogen) atoms. The number of carbonyl (C=O) groups is 1. The van der Waals surface area contributed by atoms with Crippen molar-refractivity contribution in [3.63, 3.8) is 0 Å². The van der Waals surface area contributed by atoms with Crippen LogP contribution in [0.1, 0.15) is 5.56 Å². The van der Waals surface area contributed by atoms with E-state index in [1.54, 1.807) is 7.11 Å². The molecule has 1 amide bonds. The summed E-state index contributed by atoms with van der Waals surface area (Å²) in [5, 5.41) is 11.6. The maximum Gasteiger partial charge on any atom is 0.230 e. The van der Waals surface area contributed by atoms with Gasteiger partial charge < -0.3 is 25.4 Å². The number of rotatable bonds is 8. The Balaban J connectivity index is 1.26. The average Bonchev–Trinajstić information content (AvgIpc) is 3.18. The number of fused-ring (bicyclic) bond motifs is 1. The van der Waals surface area contributed by atoms with E-state index in [0.29, 0.717) is 37.2 Å². The number of aromatic nitrogens is 3. The van der Waals surface area contributed by atoms with E-state index in [4.69, 9.17) is 20.1 Å². The molecule has 3 aromatic rings. The number of nitrogens with zero attached hydrogens (tertiary/aromatic N) is 3. The lowest BCUT2D eigenvalue weighted by molar-refractivity contribution is -0.118. The normalized spacial score (nSPS) is 12.4. The molecule has 0 spiro atoms. The number of nitrogens with two attached hydrogens (primary N) is 1. The van der Waals surface area contributed by atoms with Crippen LogP contribution in [0.5, 0.6) is 17.2 Å². The molecule has 0 saturated carbocycles. The van der Waals surface area contributed by atoms with Gasteiger partial charge in [0.15, 0.2) is 17.3 Å². The molecule has 4 rings (SSSR count). The van der Waals surface area contributed by atoms with E-state index < -0.39 is 0 Å². The molecule has 2 heterocycles. The molecule has 162 valence electrons. The molecule has 1 aliphatic heterocycles. The highest BCUT2D eigenvalue weighted by molar-refractivity contribution is 7.99. The third-order valence-corrected chi connectivity index (χ3v) is 5.63. The molecule has 2 aromatic carbocycles. The summed E-state index contributed by atoms with van der Waals surface area (Å²) in [7, 11) is 1.61. The van der Waals surface area contributed by atoms with Gasteiger partial charge in [-0.2, -0.15) is 0 Å². The first-order chi connectivity index (χ1) is 15.1. The molecular weight excluding hydrogens is 418 g/mol. The molecule has 10 heteroatoms. The van der Waals surface area contributed by atoms with Crippen molar-refractivity contribution in [1.82, 2.24) is 20.2 Å². The Morgan fingerprint density at radius 1 is 1.16 bits per heavy atom. The lowest BCUT2D eigenvalue weighted by atomic mass is 10.1. The summed E-state index contributed by atoms with van der Waals surface area (Å²) >= 11 is 1.23. The second-order valence-electron chi connectivity index (χ2n) is 6.77. The molecule has 1 aliphatic rings. The maximum absolute atomic E-state index is 12.2. The molecule has 9 nitrogen and oxygen atoms in total. The van der Waals surface area contributed by atoms with Crippen LogP contribution in [-0.2, 0) is 11.2 Å². The fraction of sp³-hybridized carbons (Fsp3) is 0.286. The van der Waals surface area contributed by atoms with Crippen LogP contribution in [0.25, 0.3) is 11.4 Å². The minimum Gasteiger partial charge on any atom is -0.497 e. The van der Waals surface area contributed by atoms with Crippen LogP contribution in [0.3, 0.4) is 0 Å². The summed E-state index contributed by atoms with van der Waals surface area (Å²) < 4.78 is 17.6. The van der Waals surface area contributed by atoms with Crippen LogP contribution < -0.4 is 25.4 Å². The van der Waals surface area contributed by atoms with Crippen molar-refractivity contribution < 1.29 is 19.0 Å². The van der Waals surface area contributed by atoms with Gasteiger partial charge in [-0.05, 0) is 48.4 Å². The topological polar surface area (TPSA) is 114 Å². The van der Waals surface area contributed by atoms with Crippen molar-refractivity contribution in [2.45, 2.75) is 11.6 Å². The lowest BCUT2D eigenvalue weighted by Gasteiger charge is -2.18. The summed E-state index contributed by atoms with van der Waals surface area (Å²) in [5.41, 5.74) is 1.88. The van der Waals surface area contributed by atoms with Crippen molar-refractivity contribution in [1.29, 1.82) is 0 Å². The van der Waals surface area contributed by atoms with Crippen molar-refractivity contribution in [3.05, 3.63) is 48.0 Å². The van der Waals surface area contributed by atoms with E-state index >= 15 is 0 Å². The molecule has 3 N–H and O–H groups in total. The van der Waals surface area contributed by atoms with Gasteiger partial charge in [0.1, 0.15) is 19.0 Å². The minimum atomic E-state index is -0.100. The number of thioether (sulfide) groups is 1. The smallest absolute Gasteiger partial charge is 0.230 e. The number of nitrogens with one attached hydrogen (secondary N) is 1. The molecule has 0 atom stereocenters. The van der Waals surface area contributed by atoms with Crippen molar-refractivity contribution in [2.75, 3.05) is 38.5 Å². The first-order valence-electron chi connectivity index (χ1n) is 9.77. The third-order valence-electron chi connectivity index (χ3n) is 4.69. The fourth-order valence-corrected chi connectivity index (χ4v) is 3.77. The average molecular weight is 442 g/mol. The van der Waals surface area contributed by atoms with E-state index in [9.17, 15) is 4.79 Å². The van der Waals surface area contributed by atoms with Gasteiger partial charge in [-0.25, -0.2) is 4.68 Å². The minimum absolute atomic E-state index is 0.100. The number of benzene rings is 2. The molecule has 0 aliphatic carbocycles. The summed E-state index contributed by atoms with van der Waals surface area (Å²) in [4.78, 5) is 12.2. The Kier molecular flexibility index (Phi) is 6.46. The Hall–Kier alpha value is -3.40. The number of ether oxygens (including phenoxy) is 3. The highest BCUT2D eigenvalue weighted by atomic mass is 32.2. The Bertz CT molecular complexity index is 1050. The summed E-state index contributed by atoms with van der Waals surface area (Å²) in [6, 6.07) is 13.2. The predicted octanol–water partition coefficient (Wildman–Crippen LogP) is 1.89. The summed E-state index contributed by atoms with van der Waals surface area (Å²) in [5.74, 6) is 8.98. The molecule has 0 radical (unpaired) electrons. The number of hydrogen-bond donors (Lipinski definition) is 2. The highest BCUT2D eigenvalue weighted by Gasteiger charge is 2.14. The predicted molar refractivity (Wildman–Crippen MR) is 117 cm³/mol. The second-order valence-corrected chi connectivity index (χ2v) is 7.71.